The van der Waals surface area contributed by atoms with Gasteiger partial charge in [-0.05, 0) is 54.1 Å². The van der Waals surface area contributed by atoms with Crippen molar-refractivity contribution >= 4 is 45.2 Å². The summed E-state index contributed by atoms with van der Waals surface area (Å²) in [6.45, 7) is 1.30. The molecule has 1 N–H and O–H groups in total. The molecule has 0 saturated heterocycles. The lowest BCUT2D eigenvalue weighted by Crippen LogP contribution is -2.18. The van der Waals surface area contributed by atoms with Crippen LogP contribution in [0.15, 0.2) is 75.4 Å². The van der Waals surface area contributed by atoms with Crippen LogP contribution < -0.4 is 10.1 Å². The van der Waals surface area contributed by atoms with Crippen molar-refractivity contribution in [2.75, 3.05) is 5.32 Å². The molecule has 0 spiro atoms. The summed E-state index contributed by atoms with van der Waals surface area (Å²) in [4.78, 5) is 24.4. The third kappa shape index (κ3) is 5.18. The van der Waals surface area contributed by atoms with Gasteiger partial charge in [-0.15, -0.1) is 0 Å². The minimum absolute atomic E-state index is 0.164. The number of nitrogens with one attached hydrogen (secondary N) is 1. The van der Waals surface area contributed by atoms with E-state index in [1.165, 1.54) is 25.1 Å². The van der Waals surface area contributed by atoms with Crippen molar-refractivity contribution in [2.24, 2.45) is 0 Å². The standard InChI is InChI=1S/C24H17F2NO5S2/c1-14(28)32-16-7-5-15(6-8-16)11-23-24(29)27-21-12-17(9-10-22(21)33-23)34(30,31)13-18-19(25)3-2-4-20(18)26/h2-12H,13H2,1H3,(H,27,29)/b23-11+. The Hall–Kier alpha value is -3.50. The molecule has 1 amide bonds. The van der Waals surface area contributed by atoms with Gasteiger partial charge in [0.05, 0.1) is 21.2 Å². The van der Waals surface area contributed by atoms with Crippen LogP contribution in [0.5, 0.6) is 5.75 Å². The lowest BCUT2D eigenvalue weighted by Gasteiger charge is -2.19. The summed E-state index contributed by atoms with van der Waals surface area (Å²) >= 11 is 1.15. The van der Waals surface area contributed by atoms with Crippen LogP contribution in [0.2, 0.25) is 0 Å². The van der Waals surface area contributed by atoms with Gasteiger partial charge in [0.15, 0.2) is 9.84 Å². The average molecular weight is 502 g/mol. The third-order valence-electron chi connectivity index (χ3n) is 4.84. The highest BCUT2D eigenvalue weighted by Gasteiger charge is 2.25. The maximum Gasteiger partial charge on any atom is 0.308 e. The molecule has 34 heavy (non-hydrogen) atoms. The molecule has 3 aromatic carbocycles. The number of thioether (sulfide) groups is 1. The number of hydrogen-bond donors (Lipinski definition) is 1. The van der Waals surface area contributed by atoms with Gasteiger partial charge in [0.25, 0.3) is 5.91 Å². The summed E-state index contributed by atoms with van der Waals surface area (Å²) in [5, 5.41) is 2.66. The molecule has 4 rings (SSSR count). The molecule has 6 nitrogen and oxygen atoms in total. The first-order valence-electron chi connectivity index (χ1n) is 9.91. The first-order chi connectivity index (χ1) is 16.1. The second-order valence-electron chi connectivity index (χ2n) is 7.34. The van der Waals surface area contributed by atoms with E-state index in [2.05, 4.69) is 5.32 Å². The first-order valence-corrected chi connectivity index (χ1v) is 12.4. The fourth-order valence-corrected chi connectivity index (χ4v) is 5.55. The maximum absolute atomic E-state index is 13.9. The monoisotopic (exact) mass is 501 g/mol. The molecule has 0 radical (unpaired) electrons. The number of anilines is 1. The van der Waals surface area contributed by atoms with Gasteiger partial charge in [0, 0.05) is 17.4 Å². The number of halogens is 2. The SMILES string of the molecule is CC(=O)Oc1ccc(/C=C2/Sc3ccc(S(=O)(=O)Cc4c(F)cccc4F)cc3NC2=O)cc1. The highest BCUT2D eigenvalue weighted by atomic mass is 32.2. The second-order valence-corrected chi connectivity index (χ2v) is 10.4. The van der Waals surface area contributed by atoms with Crippen molar-refractivity contribution < 1.29 is 31.5 Å². The number of fused-ring (bicyclic) bond motifs is 1. The van der Waals surface area contributed by atoms with E-state index in [-0.39, 0.29) is 10.6 Å². The molecule has 0 atom stereocenters. The van der Waals surface area contributed by atoms with Crippen molar-refractivity contribution in [1.29, 1.82) is 0 Å². The summed E-state index contributed by atoms with van der Waals surface area (Å²) < 4.78 is 58.4. The van der Waals surface area contributed by atoms with Gasteiger partial charge in [-0.25, -0.2) is 17.2 Å². The Kier molecular flexibility index (Phi) is 6.54. The van der Waals surface area contributed by atoms with E-state index in [1.54, 1.807) is 30.3 Å². The smallest absolute Gasteiger partial charge is 0.308 e. The molecule has 0 aliphatic carbocycles. The summed E-state index contributed by atoms with van der Waals surface area (Å²) in [6.07, 6.45) is 1.64. The Morgan fingerprint density at radius 1 is 1.06 bits per heavy atom. The zero-order chi connectivity index (χ0) is 24.5. The molecule has 174 valence electrons. The van der Waals surface area contributed by atoms with Gasteiger partial charge in [0.2, 0.25) is 0 Å². The van der Waals surface area contributed by atoms with Crippen LogP contribution in [0.1, 0.15) is 18.1 Å². The number of carbonyl (C=O) groups excluding carboxylic acids is 2. The van der Waals surface area contributed by atoms with Crippen LogP contribution in [0.25, 0.3) is 6.08 Å². The van der Waals surface area contributed by atoms with E-state index in [9.17, 15) is 26.8 Å². The van der Waals surface area contributed by atoms with Crippen molar-refractivity contribution in [3.05, 3.63) is 88.3 Å². The fourth-order valence-electron chi connectivity index (χ4n) is 3.23. The Balaban J connectivity index is 1.56. The van der Waals surface area contributed by atoms with Crippen molar-refractivity contribution in [2.45, 2.75) is 22.5 Å². The number of rotatable bonds is 5. The number of esters is 1. The van der Waals surface area contributed by atoms with Gasteiger partial charge in [-0.1, -0.05) is 30.0 Å². The van der Waals surface area contributed by atoms with Crippen molar-refractivity contribution in [3.63, 3.8) is 0 Å². The Labute approximate surface area is 198 Å². The molecule has 1 heterocycles. The predicted molar refractivity (Wildman–Crippen MR) is 124 cm³/mol. The lowest BCUT2D eigenvalue weighted by atomic mass is 10.2. The van der Waals surface area contributed by atoms with E-state index in [1.807, 2.05) is 0 Å². The molecule has 0 bridgehead atoms. The predicted octanol–water partition coefficient (Wildman–Crippen LogP) is 4.95. The summed E-state index contributed by atoms with van der Waals surface area (Å²) in [6, 6.07) is 13.9. The number of benzene rings is 3. The molecule has 0 fully saturated rings. The molecule has 3 aromatic rings. The van der Waals surface area contributed by atoms with E-state index < -0.39 is 44.7 Å². The molecule has 0 unspecified atom stereocenters. The van der Waals surface area contributed by atoms with Gasteiger partial charge in [-0.3, -0.25) is 9.59 Å². The minimum Gasteiger partial charge on any atom is -0.427 e. The average Bonchev–Trinajstić information content (AvgIpc) is 2.77. The number of sulfone groups is 1. The number of carbonyl (C=O) groups is 2. The maximum atomic E-state index is 13.9. The normalized spacial score (nSPS) is 14.4. The van der Waals surface area contributed by atoms with Crippen molar-refractivity contribution in [1.82, 2.24) is 0 Å². The van der Waals surface area contributed by atoms with Crippen LogP contribution in [-0.2, 0) is 25.2 Å². The zero-order valence-corrected chi connectivity index (χ0v) is 19.3. The van der Waals surface area contributed by atoms with Gasteiger partial charge < -0.3 is 10.1 Å². The van der Waals surface area contributed by atoms with E-state index >= 15 is 0 Å². The van der Waals surface area contributed by atoms with Crippen LogP contribution in [0, 0.1) is 11.6 Å². The molecule has 0 aromatic heterocycles. The van der Waals surface area contributed by atoms with Gasteiger partial charge >= 0.3 is 5.97 Å². The largest absolute Gasteiger partial charge is 0.427 e. The van der Waals surface area contributed by atoms with E-state index in [0.717, 1.165) is 30.0 Å². The summed E-state index contributed by atoms with van der Waals surface area (Å²) in [7, 11) is -4.08. The molecule has 1 aliphatic heterocycles. The highest BCUT2D eigenvalue weighted by molar-refractivity contribution is 8.04. The fraction of sp³-hybridized carbons (Fsp3) is 0.0833. The van der Waals surface area contributed by atoms with Gasteiger partial charge in [0.1, 0.15) is 17.4 Å². The Bertz CT molecular complexity index is 1410. The van der Waals surface area contributed by atoms with E-state index in [4.69, 9.17) is 4.74 Å². The highest BCUT2D eigenvalue weighted by Crippen LogP contribution is 2.40. The summed E-state index contributed by atoms with van der Waals surface area (Å²) in [5.41, 5.74) is 0.444. The third-order valence-corrected chi connectivity index (χ3v) is 7.58. The Morgan fingerprint density at radius 3 is 2.38 bits per heavy atom. The quantitative estimate of drug-likeness (QED) is 0.302. The van der Waals surface area contributed by atoms with Crippen LogP contribution in [-0.4, -0.2) is 20.3 Å². The van der Waals surface area contributed by atoms with Crippen LogP contribution >= 0.6 is 11.8 Å². The number of ether oxygens (including phenoxy) is 1. The van der Waals surface area contributed by atoms with E-state index in [0.29, 0.717) is 21.1 Å². The summed E-state index contributed by atoms with van der Waals surface area (Å²) in [5.74, 6) is -3.23. The zero-order valence-electron chi connectivity index (χ0n) is 17.7. The van der Waals surface area contributed by atoms with Gasteiger partial charge in [-0.2, -0.15) is 0 Å². The molecule has 10 heteroatoms. The van der Waals surface area contributed by atoms with Crippen molar-refractivity contribution in [3.8, 4) is 5.75 Å². The topological polar surface area (TPSA) is 89.5 Å². The van der Waals surface area contributed by atoms with Crippen LogP contribution in [0.3, 0.4) is 0 Å². The Morgan fingerprint density at radius 2 is 1.74 bits per heavy atom. The number of hydrogen-bond acceptors (Lipinski definition) is 6. The second kappa shape index (κ2) is 9.40. The lowest BCUT2D eigenvalue weighted by molar-refractivity contribution is -0.131. The molecule has 0 saturated carbocycles. The molecular weight excluding hydrogens is 484 g/mol. The minimum atomic E-state index is -4.08. The molecular formula is C24H17F2NO5S2. The first kappa shape index (κ1) is 23.7. The van der Waals surface area contributed by atoms with Crippen LogP contribution in [0.4, 0.5) is 14.5 Å². The molecule has 1 aliphatic rings. The number of amides is 1.